The van der Waals surface area contributed by atoms with E-state index in [1.54, 1.807) is 18.2 Å². The van der Waals surface area contributed by atoms with Crippen LogP contribution in [0.25, 0.3) is 0 Å². The van der Waals surface area contributed by atoms with Gasteiger partial charge in [-0.05, 0) is 18.2 Å². The van der Waals surface area contributed by atoms with E-state index in [2.05, 4.69) is 4.98 Å². The Bertz CT molecular complexity index is 514. The molecule has 0 atom stereocenters. The van der Waals surface area contributed by atoms with E-state index >= 15 is 0 Å². The summed E-state index contributed by atoms with van der Waals surface area (Å²) in [6, 6.07) is 7.70. The van der Waals surface area contributed by atoms with Gasteiger partial charge in [0.05, 0.1) is 13.3 Å². The fourth-order valence-corrected chi connectivity index (χ4v) is 1.31. The molecular formula is C12H11FN2O2. The summed E-state index contributed by atoms with van der Waals surface area (Å²) in [5, 5.41) is 0. The monoisotopic (exact) mass is 234 g/mol. The summed E-state index contributed by atoms with van der Waals surface area (Å²) in [6.45, 7) is 0. The number of ether oxygens (including phenoxy) is 2. The number of nitrogens with two attached hydrogens (primary N) is 1. The van der Waals surface area contributed by atoms with E-state index in [9.17, 15) is 4.39 Å². The average Bonchev–Trinajstić information content (AvgIpc) is 2.32. The third-order valence-electron chi connectivity index (χ3n) is 2.10. The summed E-state index contributed by atoms with van der Waals surface area (Å²) in [5.41, 5.74) is 6.19. The smallest absolute Gasteiger partial charge is 0.219 e. The number of hydrogen-bond acceptors (Lipinski definition) is 4. The van der Waals surface area contributed by atoms with E-state index < -0.39 is 5.82 Å². The lowest BCUT2D eigenvalue weighted by Crippen LogP contribution is -1.94. The predicted octanol–water partition coefficient (Wildman–Crippen LogP) is 2.60. The Hall–Kier alpha value is -2.30. The molecule has 88 valence electrons. The number of rotatable bonds is 3. The Morgan fingerprint density at radius 3 is 2.65 bits per heavy atom. The molecular weight excluding hydrogens is 223 g/mol. The maximum atomic E-state index is 12.7. The largest absolute Gasteiger partial charge is 0.493 e. The molecule has 1 aromatic heterocycles. The Balaban J connectivity index is 2.28. The van der Waals surface area contributed by atoms with E-state index in [0.717, 1.165) is 6.20 Å². The normalized spacial score (nSPS) is 10.0. The molecule has 2 N–H and O–H groups in total. The van der Waals surface area contributed by atoms with Gasteiger partial charge in [-0.25, -0.2) is 9.37 Å². The van der Waals surface area contributed by atoms with Gasteiger partial charge in [-0.15, -0.1) is 0 Å². The zero-order valence-electron chi connectivity index (χ0n) is 9.18. The van der Waals surface area contributed by atoms with E-state index in [0.29, 0.717) is 17.2 Å². The van der Waals surface area contributed by atoms with Crippen LogP contribution < -0.4 is 15.2 Å². The fraction of sp³-hybridized carbons (Fsp3) is 0.0833. The summed E-state index contributed by atoms with van der Waals surface area (Å²) in [5.74, 6) is 0.823. The predicted molar refractivity (Wildman–Crippen MR) is 61.7 cm³/mol. The second kappa shape index (κ2) is 4.69. The first kappa shape index (κ1) is 11.2. The summed E-state index contributed by atoms with van der Waals surface area (Å²) in [7, 11) is 1.52. The van der Waals surface area contributed by atoms with Crippen molar-refractivity contribution in [2.45, 2.75) is 0 Å². The van der Waals surface area contributed by atoms with Crippen molar-refractivity contribution in [1.82, 2.24) is 4.98 Å². The molecule has 1 aromatic carbocycles. The van der Waals surface area contributed by atoms with E-state index in [4.69, 9.17) is 15.2 Å². The third-order valence-corrected chi connectivity index (χ3v) is 2.10. The summed E-state index contributed by atoms with van der Waals surface area (Å²) < 4.78 is 23.2. The molecule has 0 aliphatic carbocycles. The molecule has 0 fully saturated rings. The number of aromatic nitrogens is 1. The van der Waals surface area contributed by atoms with Gasteiger partial charge in [0.25, 0.3) is 0 Å². The summed E-state index contributed by atoms with van der Waals surface area (Å²) in [6.07, 6.45) is 1.08. The van der Waals surface area contributed by atoms with Crippen LogP contribution in [0.2, 0.25) is 0 Å². The van der Waals surface area contributed by atoms with Crippen molar-refractivity contribution in [2.24, 2.45) is 0 Å². The molecule has 0 amide bonds. The van der Waals surface area contributed by atoms with E-state index in [1.165, 1.54) is 19.2 Å². The number of methoxy groups -OCH3 is 1. The van der Waals surface area contributed by atoms with Gasteiger partial charge >= 0.3 is 0 Å². The first-order valence-corrected chi connectivity index (χ1v) is 4.92. The lowest BCUT2D eigenvalue weighted by molar-refractivity contribution is 0.374. The lowest BCUT2D eigenvalue weighted by Gasteiger charge is -2.09. The molecule has 2 rings (SSSR count). The maximum absolute atomic E-state index is 12.7. The highest BCUT2D eigenvalue weighted by Gasteiger charge is 2.06. The van der Waals surface area contributed by atoms with E-state index in [-0.39, 0.29) is 5.88 Å². The van der Waals surface area contributed by atoms with Crippen molar-refractivity contribution in [3.63, 3.8) is 0 Å². The zero-order valence-corrected chi connectivity index (χ0v) is 9.18. The number of nitrogens with zero attached hydrogens (tertiary/aromatic N) is 1. The molecule has 17 heavy (non-hydrogen) atoms. The van der Waals surface area contributed by atoms with Crippen molar-refractivity contribution in [3.8, 4) is 17.4 Å². The highest BCUT2D eigenvalue weighted by atomic mass is 19.1. The Morgan fingerprint density at radius 1 is 1.18 bits per heavy atom. The molecule has 0 radical (unpaired) electrons. The number of pyridine rings is 1. The molecule has 1 heterocycles. The van der Waals surface area contributed by atoms with Crippen LogP contribution >= 0.6 is 0 Å². The molecule has 0 aliphatic heterocycles. The van der Waals surface area contributed by atoms with Crippen LogP contribution in [-0.2, 0) is 0 Å². The minimum Gasteiger partial charge on any atom is -0.493 e. The van der Waals surface area contributed by atoms with Crippen LogP contribution in [0.3, 0.4) is 0 Å². The van der Waals surface area contributed by atoms with Crippen molar-refractivity contribution in [1.29, 1.82) is 0 Å². The van der Waals surface area contributed by atoms with Gasteiger partial charge < -0.3 is 15.2 Å². The molecule has 2 aromatic rings. The number of nitrogen functional groups attached to an aromatic ring is 1. The Morgan fingerprint density at radius 2 is 2.00 bits per heavy atom. The van der Waals surface area contributed by atoms with Crippen LogP contribution in [0, 0.1) is 5.82 Å². The minimum atomic E-state index is -0.420. The average molecular weight is 234 g/mol. The molecule has 0 bridgehead atoms. The van der Waals surface area contributed by atoms with Crippen LogP contribution in [-0.4, -0.2) is 12.1 Å². The van der Waals surface area contributed by atoms with Gasteiger partial charge in [-0.2, -0.15) is 0 Å². The number of benzene rings is 1. The highest BCUT2D eigenvalue weighted by Crippen LogP contribution is 2.32. The Labute approximate surface area is 97.8 Å². The quantitative estimate of drug-likeness (QED) is 0.829. The molecule has 0 aliphatic rings. The van der Waals surface area contributed by atoms with Gasteiger partial charge in [0.2, 0.25) is 5.88 Å². The Kier molecular flexibility index (Phi) is 3.09. The highest BCUT2D eigenvalue weighted by molar-refractivity contribution is 5.52. The molecule has 5 heteroatoms. The number of anilines is 1. The topological polar surface area (TPSA) is 57.4 Å². The van der Waals surface area contributed by atoms with Crippen molar-refractivity contribution < 1.29 is 13.9 Å². The number of halogens is 1. The molecule has 0 saturated heterocycles. The third kappa shape index (κ3) is 2.63. The van der Waals surface area contributed by atoms with Gasteiger partial charge in [-0.3, -0.25) is 0 Å². The second-order valence-electron chi connectivity index (χ2n) is 3.33. The van der Waals surface area contributed by atoms with Crippen molar-refractivity contribution in [3.05, 3.63) is 42.3 Å². The van der Waals surface area contributed by atoms with Crippen LogP contribution in [0.5, 0.6) is 17.4 Å². The maximum Gasteiger partial charge on any atom is 0.219 e. The van der Waals surface area contributed by atoms with Gasteiger partial charge in [0.1, 0.15) is 5.82 Å². The number of hydrogen-bond donors (Lipinski definition) is 1. The molecule has 0 spiro atoms. The van der Waals surface area contributed by atoms with Crippen molar-refractivity contribution in [2.75, 3.05) is 12.8 Å². The fourth-order valence-electron chi connectivity index (χ4n) is 1.31. The first-order valence-electron chi connectivity index (χ1n) is 4.92. The van der Waals surface area contributed by atoms with Crippen LogP contribution in [0.1, 0.15) is 0 Å². The standard InChI is InChI=1S/C12H11FN2O2/c1-16-10-4-3-9(14)6-11(10)17-12-5-2-8(13)7-15-12/h2-7H,14H2,1H3. The van der Waals surface area contributed by atoms with Crippen LogP contribution in [0.15, 0.2) is 36.5 Å². The lowest BCUT2D eigenvalue weighted by atomic mass is 10.3. The molecule has 0 unspecified atom stereocenters. The molecule has 4 nitrogen and oxygen atoms in total. The molecule has 0 saturated carbocycles. The zero-order chi connectivity index (χ0) is 12.3. The SMILES string of the molecule is COc1ccc(N)cc1Oc1ccc(F)cn1. The first-order chi connectivity index (χ1) is 8.19. The van der Waals surface area contributed by atoms with Gasteiger partial charge in [0.15, 0.2) is 11.5 Å². The second-order valence-corrected chi connectivity index (χ2v) is 3.33. The van der Waals surface area contributed by atoms with Crippen molar-refractivity contribution >= 4 is 5.69 Å². The minimum absolute atomic E-state index is 0.273. The van der Waals surface area contributed by atoms with Gasteiger partial charge in [-0.1, -0.05) is 0 Å². The van der Waals surface area contributed by atoms with Gasteiger partial charge in [0, 0.05) is 17.8 Å². The summed E-state index contributed by atoms with van der Waals surface area (Å²) in [4.78, 5) is 3.79. The van der Waals surface area contributed by atoms with Crippen LogP contribution in [0.4, 0.5) is 10.1 Å². The van der Waals surface area contributed by atoms with E-state index in [1.807, 2.05) is 0 Å². The summed E-state index contributed by atoms with van der Waals surface area (Å²) >= 11 is 0.